The second-order valence-electron chi connectivity index (χ2n) is 10.0. The van der Waals surface area contributed by atoms with Gasteiger partial charge in [0.25, 0.3) is 0 Å². The number of fused-ring (bicyclic) bond motifs is 3. The topological polar surface area (TPSA) is 149 Å². The quantitative estimate of drug-likeness (QED) is 0.425. The monoisotopic (exact) mass is 497 g/mol. The number of aliphatic hydroxyl groups excluding tert-OH is 1. The highest BCUT2D eigenvalue weighted by molar-refractivity contribution is 6.30. The van der Waals surface area contributed by atoms with E-state index in [9.17, 15) is 24.9 Å². The van der Waals surface area contributed by atoms with Gasteiger partial charge in [-0.15, -0.1) is 0 Å². The summed E-state index contributed by atoms with van der Waals surface area (Å²) in [4.78, 5) is 27.0. The van der Waals surface area contributed by atoms with Crippen LogP contribution in [0.5, 0.6) is 11.5 Å². The van der Waals surface area contributed by atoms with Gasteiger partial charge in [-0.1, -0.05) is 19.1 Å². The van der Waals surface area contributed by atoms with E-state index in [2.05, 4.69) is 0 Å². The molecule has 0 bridgehead atoms. The van der Waals surface area contributed by atoms with Crippen LogP contribution in [-0.2, 0) is 15.9 Å². The fraction of sp³-hybridized carbons (Fsp3) is 0.481. The number of phenolic OH excluding ortho intramolecular Hbond substituents is 1. The number of methoxy groups -OCH3 is 1. The van der Waals surface area contributed by atoms with Gasteiger partial charge < -0.3 is 35.3 Å². The first kappa shape index (κ1) is 24.9. The number of nitrogens with two attached hydrogens (primary N) is 1. The summed E-state index contributed by atoms with van der Waals surface area (Å²) in [7, 11) is 1.41. The maximum Gasteiger partial charge on any atom is 0.201 e. The van der Waals surface area contributed by atoms with Crippen LogP contribution in [0.4, 0.5) is 0 Å². The Morgan fingerprint density at radius 2 is 1.94 bits per heavy atom. The Morgan fingerprint density at radius 1 is 1.19 bits per heavy atom. The van der Waals surface area contributed by atoms with Crippen molar-refractivity contribution >= 4 is 11.6 Å². The van der Waals surface area contributed by atoms with Gasteiger partial charge in [0, 0.05) is 42.0 Å². The van der Waals surface area contributed by atoms with Crippen LogP contribution in [0.3, 0.4) is 0 Å². The van der Waals surface area contributed by atoms with Crippen molar-refractivity contribution in [2.75, 3.05) is 7.11 Å². The Labute approximate surface area is 208 Å². The fourth-order valence-electron chi connectivity index (χ4n) is 5.66. The molecule has 5 rings (SSSR count). The first-order valence-corrected chi connectivity index (χ1v) is 12.2. The normalized spacial score (nSPS) is 31.4. The van der Waals surface area contributed by atoms with Gasteiger partial charge >= 0.3 is 0 Å². The molecule has 1 saturated heterocycles. The zero-order valence-corrected chi connectivity index (χ0v) is 20.5. The lowest BCUT2D eigenvalue weighted by Crippen LogP contribution is -2.52. The van der Waals surface area contributed by atoms with Gasteiger partial charge in [-0.05, 0) is 31.0 Å². The Hall–Kier alpha value is -2.82. The molecule has 3 aliphatic rings. The highest BCUT2D eigenvalue weighted by atomic mass is 16.7. The molecule has 9 nitrogen and oxygen atoms in total. The molecule has 0 radical (unpaired) electrons. The third kappa shape index (κ3) is 3.82. The number of rotatable bonds is 4. The average Bonchev–Trinajstić information content (AvgIpc) is 2.84. The van der Waals surface area contributed by atoms with Crippen molar-refractivity contribution < 1.29 is 39.1 Å². The highest BCUT2D eigenvalue weighted by Gasteiger charge is 2.45. The van der Waals surface area contributed by atoms with E-state index in [1.807, 2.05) is 6.92 Å². The van der Waals surface area contributed by atoms with Crippen molar-refractivity contribution in [2.45, 2.75) is 75.8 Å². The van der Waals surface area contributed by atoms with Gasteiger partial charge in [-0.25, -0.2) is 0 Å². The number of phenols is 1. The van der Waals surface area contributed by atoms with E-state index in [-0.39, 0.29) is 53.0 Å². The summed E-state index contributed by atoms with van der Waals surface area (Å²) in [6.45, 7) is 3.54. The summed E-state index contributed by atoms with van der Waals surface area (Å²) >= 11 is 0. The minimum Gasteiger partial charge on any atom is -0.507 e. The Kier molecular flexibility index (Phi) is 6.17. The van der Waals surface area contributed by atoms with E-state index in [0.29, 0.717) is 17.5 Å². The van der Waals surface area contributed by atoms with Gasteiger partial charge in [-0.2, -0.15) is 0 Å². The number of carbonyl (C=O) groups is 2. The molecule has 36 heavy (non-hydrogen) atoms. The highest BCUT2D eigenvalue weighted by Crippen LogP contribution is 2.49. The van der Waals surface area contributed by atoms with Crippen LogP contribution in [-0.4, -0.2) is 64.1 Å². The molecule has 1 heterocycles. The van der Waals surface area contributed by atoms with E-state index >= 15 is 0 Å². The third-order valence-corrected chi connectivity index (χ3v) is 7.75. The number of ether oxygens (including phenoxy) is 3. The lowest BCUT2D eigenvalue weighted by Gasteiger charge is -2.42. The van der Waals surface area contributed by atoms with Crippen molar-refractivity contribution in [3.8, 4) is 11.5 Å². The predicted octanol–water partition coefficient (Wildman–Crippen LogP) is 2.14. The van der Waals surface area contributed by atoms with Crippen molar-refractivity contribution in [1.29, 1.82) is 0 Å². The van der Waals surface area contributed by atoms with E-state index in [1.165, 1.54) is 7.11 Å². The second-order valence-corrected chi connectivity index (χ2v) is 10.0. The van der Waals surface area contributed by atoms with Crippen LogP contribution in [0.25, 0.3) is 0 Å². The van der Waals surface area contributed by atoms with E-state index < -0.39 is 47.8 Å². The molecule has 0 aromatic heterocycles. The van der Waals surface area contributed by atoms with Crippen LogP contribution in [0.2, 0.25) is 0 Å². The Morgan fingerprint density at radius 3 is 2.61 bits per heavy atom. The zero-order valence-electron chi connectivity index (χ0n) is 20.5. The number of hydrogen-bond donors (Lipinski definition) is 4. The van der Waals surface area contributed by atoms with E-state index in [0.717, 1.165) is 0 Å². The summed E-state index contributed by atoms with van der Waals surface area (Å²) < 4.78 is 17.4. The molecule has 1 aliphatic heterocycles. The summed E-state index contributed by atoms with van der Waals surface area (Å²) in [6.07, 6.45) is -2.05. The molecular weight excluding hydrogens is 466 g/mol. The van der Waals surface area contributed by atoms with Crippen LogP contribution in [0.1, 0.15) is 82.2 Å². The molecule has 9 heteroatoms. The molecule has 2 aromatic rings. The average molecular weight is 498 g/mol. The maximum atomic E-state index is 13.6. The SMILES string of the molecule is CC[C@]1(O)Cc2cc3c(c(O)c2[C@@H](OC2CC(N)C(O)C(C)O2)C1)C(=O)c1c(OC)cccc1C3=O. The van der Waals surface area contributed by atoms with E-state index in [1.54, 1.807) is 31.2 Å². The lowest BCUT2D eigenvalue weighted by molar-refractivity contribution is -0.247. The molecule has 0 saturated carbocycles. The molecule has 6 atom stereocenters. The van der Waals surface area contributed by atoms with Crippen molar-refractivity contribution in [3.63, 3.8) is 0 Å². The molecule has 192 valence electrons. The molecule has 5 N–H and O–H groups in total. The van der Waals surface area contributed by atoms with Crippen LogP contribution in [0.15, 0.2) is 24.3 Å². The number of hydrogen-bond acceptors (Lipinski definition) is 9. The Balaban J connectivity index is 1.62. The molecule has 0 spiro atoms. The predicted molar refractivity (Wildman–Crippen MR) is 128 cm³/mol. The van der Waals surface area contributed by atoms with Crippen molar-refractivity contribution in [3.05, 3.63) is 57.6 Å². The number of aromatic hydroxyl groups is 1. The minimum atomic E-state index is -1.15. The number of carbonyl (C=O) groups excluding carboxylic acids is 2. The van der Waals surface area contributed by atoms with E-state index in [4.69, 9.17) is 19.9 Å². The van der Waals surface area contributed by atoms with Crippen LogP contribution < -0.4 is 10.5 Å². The van der Waals surface area contributed by atoms with Crippen molar-refractivity contribution in [1.82, 2.24) is 0 Å². The molecule has 2 aromatic carbocycles. The molecule has 0 amide bonds. The summed E-state index contributed by atoms with van der Waals surface area (Å²) in [6, 6.07) is 5.82. The first-order chi connectivity index (χ1) is 17.1. The second kappa shape index (κ2) is 8.93. The van der Waals surface area contributed by atoms with Crippen LogP contribution >= 0.6 is 0 Å². The van der Waals surface area contributed by atoms with Gasteiger partial charge in [0.15, 0.2) is 12.1 Å². The Bertz CT molecular complexity index is 1230. The van der Waals surface area contributed by atoms with Gasteiger partial charge in [0.05, 0.1) is 42.1 Å². The standard InChI is InChI=1S/C27H31NO8/c1-4-27(33)10-13-8-15-22(26(32)21-14(24(15)30)6-5-7-17(21)34-3)25(31)20(13)18(11-27)36-19-9-16(28)23(29)12(2)35-19/h5-8,12,16,18-19,23,29,31,33H,4,9-11,28H2,1-3H3/t12?,16?,18-,19?,23?,27-/m0/s1. The number of ketones is 2. The zero-order chi connectivity index (χ0) is 25.9. The van der Waals surface area contributed by atoms with Crippen molar-refractivity contribution in [2.24, 2.45) is 5.73 Å². The summed E-state index contributed by atoms with van der Waals surface area (Å²) in [5.74, 6) is -1.00. The first-order valence-electron chi connectivity index (χ1n) is 12.2. The minimum absolute atomic E-state index is 0.0868. The third-order valence-electron chi connectivity index (χ3n) is 7.75. The van der Waals surface area contributed by atoms with Gasteiger partial charge in [-0.3, -0.25) is 9.59 Å². The molecule has 2 aliphatic carbocycles. The fourth-order valence-corrected chi connectivity index (χ4v) is 5.66. The van der Waals surface area contributed by atoms with Crippen LogP contribution in [0, 0.1) is 0 Å². The largest absolute Gasteiger partial charge is 0.507 e. The summed E-state index contributed by atoms with van der Waals surface area (Å²) in [5, 5.41) is 32.9. The maximum absolute atomic E-state index is 13.6. The lowest BCUT2D eigenvalue weighted by atomic mass is 9.73. The molecule has 1 fully saturated rings. The number of aliphatic hydroxyl groups is 2. The summed E-state index contributed by atoms with van der Waals surface area (Å²) in [5.41, 5.74) is 6.10. The molecule has 4 unspecified atom stereocenters. The number of benzene rings is 2. The van der Waals surface area contributed by atoms with Gasteiger partial charge in [0.2, 0.25) is 5.78 Å². The smallest absolute Gasteiger partial charge is 0.201 e. The van der Waals surface area contributed by atoms with Gasteiger partial charge in [0.1, 0.15) is 11.5 Å². The molecular formula is C27H31NO8.